The molecule has 0 radical (unpaired) electrons. The third-order valence-corrected chi connectivity index (χ3v) is 4.22. The van der Waals surface area contributed by atoms with Gasteiger partial charge in [0, 0.05) is 18.2 Å². The molecule has 0 amide bonds. The Morgan fingerprint density at radius 3 is 2.48 bits per heavy atom. The first-order valence-corrected chi connectivity index (χ1v) is 8.84. The molecule has 31 heavy (non-hydrogen) atoms. The van der Waals surface area contributed by atoms with Crippen LogP contribution in [0.15, 0.2) is 40.1 Å². The molecule has 1 aromatic carbocycles. The highest BCUT2D eigenvalue weighted by Crippen LogP contribution is 2.27. The number of ether oxygens (including phenoxy) is 2. The molecule has 1 fully saturated rings. The van der Waals surface area contributed by atoms with Crippen molar-refractivity contribution in [2.75, 3.05) is 6.61 Å². The SMILES string of the molecule is O=c1[nH]c(=O)n([C@H]2C[C@H](O)[C@@H](CO)O2)cc1C#CC#Cc1ccc(OC(F)(F)F)cc1. The van der Waals surface area contributed by atoms with Gasteiger partial charge in [0.25, 0.3) is 5.56 Å². The summed E-state index contributed by atoms with van der Waals surface area (Å²) >= 11 is 0. The van der Waals surface area contributed by atoms with E-state index in [1.165, 1.54) is 12.1 Å². The highest BCUT2D eigenvalue weighted by atomic mass is 19.4. The lowest BCUT2D eigenvalue weighted by molar-refractivity contribution is -0.274. The molecule has 0 bridgehead atoms. The molecule has 162 valence electrons. The lowest BCUT2D eigenvalue weighted by Crippen LogP contribution is -2.33. The molecule has 1 aliphatic heterocycles. The number of aromatic nitrogens is 2. The Balaban J connectivity index is 1.76. The summed E-state index contributed by atoms with van der Waals surface area (Å²) in [5.41, 5.74) is -1.24. The van der Waals surface area contributed by atoms with Crippen LogP contribution in [-0.2, 0) is 4.74 Å². The quantitative estimate of drug-likeness (QED) is 0.604. The molecule has 3 N–H and O–H groups in total. The predicted octanol–water partition coefficient (Wildman–Crippen LogP) is 0.479. The van der Waals surface area contributed by atoms with Gasteiger partial charge < -0.3 is 19.7 Å². The summed E-state index contributed by atoms with van der Waals surface area (Å²) < 4.78 is 46.6. The van der Waals surface area contributed by atoms with E-state index >= 15 is 0 Å². The van der Waals surface area contributed by atoms with Gasteiger partial charge in [-0.15, -0.1) is 13.2 Å². The van der Waals surface area contributed by atoms with Crippen molar-refractivity contribution in [1.29, 1.82) is 0 Å². The van der Waals surface area contributed by atoms with E-state index in [0.29, 0.717) is 5.56 Å². The van der Waals surface area contributed by atoms with Crippen LogP contribution in [0.3, 0.4) is 0 Å². The zero-order valence-electron chi connectivity index (χ0n) is 15.6. The Morgan fingerprint density at radius 1 is 1.19 bits per heavy atom. The standard InChI is InChI=1S/C20H15F3N2O6/c21-20(22,23)31-14-7-5-12(6-8-14)3-1-2-4-13-10-25(19(29)24-18(13)28)17-9-15(27)16(11-26)30-17/h5-8,10,15-17,26-27H,9,11H2,(H,24,28,29)/t15-,16+,17+/m0/s1. The van der Waals surface area contributed by atoms with Crippen molar-refractivity contribution in [3.8, 4) is 29.4 Å². The Bertz CT molecular complexity index is 1180. The molecule has 3 rings (SSSR count). The van der Waals surface area contributed by atoms with Crippen LogP contribution in [0.2, 0.25) is 0 Å². The van der Waals surface area contributed by atoms with Crippen molar-refractivity contribution in [1.82, 2.24) is 9.55 Å². The molecule has 3 atom stereocenters. The second-order valence-electron chi connectivity index (χ2n) is 6.40. The summed E-state index contributed by atoms with van der Waals surface area (Å²) in [5, 5.41) is 19.0. The maximum absolute atomic E-state index is 12.1. The molecule has 2 heterocycles. The van der Waals surface area contributed by atoms with E-state index in [2.05, 4.69) is 33.4 Å². The number of H-pyrrole nitrogens is 1. The van der Waals surface area contributed by atoms with Gasteiger partial charge in [-0.05, 0) is 42.0 Å². The van der Waals surface area contributed by atoms with E-state index < -0.39 is 42.7 Å². The Kier molecular flexibility index (Phi) is 6.51. The summed E-state index contributed by atoms with van der Waals surface area (Å²) in [7, 11) is 0. The number of rotatable bonds is 3. The predicted molar refractivity (Wildman–Crippen MR) is 99.8 cm³/mol. The zero-order valence-corrected chi connectivity index (χ0v) is 15.6. The molecule has 1 aromatic heterocycles. The maximum atomic E-state index is 12.1. The summed E-state index contributed by atoms with van der Waals surface area (Å²) in [5.74, 6) is 9.57. The molecule has 11 heteroatoms. The Hall–Kier alpha value is -3.51. The van der Waals surface area contributed by atoms with Gasteiger partial charge in [0.05, 0.1) is 12.7 Å². The highest BCUT2D eigenvalue weighted by molar-refractivity contribution is 5.44. The van der Waals surface area contributed by atoms with Gasteiger partial charge in [-0.1, -0.05) is 5.92 Å². The largest absolute Gasteiger partial charge is 0.573 e. The average Bonchev–Trinajstić information content (AvgIpc) is 3.07. The van der Waals surface area contributed by atoms with Crippen LogP contribution in [-0.4, -0.2) is 44.9 Å². The molecule has 0 saturated carbocycles. The van der Waals surface area contributed by atoms with E-state index in [1.54, 1.807) is 0 Å². The molecule has 8 nitrogen and oxygen atoms in total. The lowest BCUT2D eigenvalue weighted by atomic mass is 10.2. The third-order valence-electron chi connectivity index (χ3n) is 4.22. The number of alkyl halides is 3. The van der Waals surface area contributed by atoms with Gasteiger partial charge >= 0.3 is 12.1 Å². The smallest absolute Gasteiger partial charge is 0.406 e. The van der Waals surface area contributed by atoms with Crippen LogP contribution >= 0.6 is 0 Å². The molecule has 2 aromatic rings. The minimum absolute atomic E-state index is 0.0396. The minimum atomic E-state index is -4.79. The van der Waals surface area contributed by atoms with Gasteiger partial charge in [-0.2, -0.15) is 0 Å². The van der Waals surface area contributed by atoms with Gasteiger partial charge in [0.15, 0.2) is 0 Å². The number of hydrogen-bond donors (Lipinski definition) is 3. The van der Waals surface area contributed by atoms with Crippen molar-refractivity contribution in [2.45, 2.75) is 31.2 Å². The second kappa shape index (κ2) is 9.10. The van der Waals surface area contributed by atoms with E-state index in [9.17, 15) is 27.9 Å². The van der Waals surface area contributed by atoms with Gasteiger partial charge in [-0.25, -0.2) is 4.79 Å². The molecular formula is C20H15F3N2O6. The van der Waals surface area contributed by atoms with Gasteiger partial charge in [0.1, 0.15) is 23.6 Å². The van der Waals surface area contributed by atoms with Crippen molar-refractivity contribution < 1.29 is 32.9 Å². The topological polar surface area (TPSA) is 114 Å². The van der Waals surface area contributed by atoms with Crippen LogP contribution in [0.1, 0.15) is 23.8 Å². The van der Waals surface area contributed by atoms with E-state index in [1.807, 2.05) is 0 Å². The van der Waals surface area contributed by atoms with Crippen molar-refractivity contribution >= 4 is 0 Å². The van der Waals surface area contributed by atoms with Crippen LogP contribution in [0, 0.1) is 23.7 Å². The number of halogens is 3. The monoisotopic (exact) mass is 436 g/mol. The number of aliphatic hydroxyl groups is 2. The summed E-state index contributed by atoms with van der Waals surface area (Å²) in [6.07, 6.45) is -6.29. The summed E-state index contributed by atoms with van der Waals surface area (Å²) in [4.78, 5) is 26.1. The maximum Gasteiger partial charge on any atom is 0.573 e. The number of aromatic amines is 1. The minimum Gasteiger partial charge on any atom is -0.406 e. The zero-order chi connectivity index (χ0) is 22.6. The van der Waals surface area contributed by atoms with Gasteiger partial charge in [-0.3, -0.25) is 14.3 Å². The number of nitrogens with one attached hydrogen (secondary N) is 1. The van der Waals surface area contributed by atoms with Crippen LogP contribution in [0.5, 0.6) is 5.75 Å². The number of aliphatic hydroxyl groups excluding tert-OH is 2. The number of benzene rings is 1. The summed E-state index contributed by atoms with van der Waals surface area (Å²) in [6, 6.07) is 4.81. The molecule has 1 saturated heterocycles. The highest BCUT2D eigenvalue weighted by Gasteiger charge is 2.35. The van der Waals surface area contributed by atoms with Gasteiger partial charge in [0.2, 0.25) is 0 Å². The molecule has 0 unspecified atom stereocenters. The third kappa shape index (κ3) is 5.77. The molecule has 1 aliphatic rings. The first-order valence-electron chi connectivity index (χ1n) is 8.84. The Morgan fingerprint density at radius 2 is 1.87 bits per heavy atom. The van der Waals surface area contributed by atoms with Crippen molar-refractivity contribution in [2.24, 2.45) is 0 Å². The fourth-order valence-electron chi connectivity index (χ4n) is 2.78. The number of nitrogens with zero attached hydrogens (tertiary/aromatic N) is 1. The lowest BCUT2D eigenvalue weighted by Gasteiger charge is -2.14. The van der Waals surface area contributed by atoms with Crippen molar-refractivity contribution in [3.05, 3.63) is 62.4 Å². The van der Waals surface area contributed by atoms with E-state index in [-0.39, 0.29) is 17.7 Å². The van der Waals surface area contributed by atoms with E-state index in [4.69, 9.17) is 9.84 Å². The van der Waals surface area contributed by atoms with Crippen LogP contribution < -0.4 is 16.0 Å². The van der Waals surface area contributed by atoms with Crippen LogP contribution in [0.25, 0.3) is 0 Å². The normalized spacial score (nSPS) is 20.4. The molecular weight excluding hydrogens is 421 g/mol. The second-order valence-corrected chi connectivity index (χ2v) is 6.40. The van der Waals surface area contributed by atoms with Crippen molar-refractivity contribution in [3.63, 3.8) is 0 Å². The first-order chi connectivity index (χ1) is 14.7. The fraction of sp³-hybridized carbons (Fsp3) is 0.300. The first kappa shape index (κ1) is 22.2. The molecule has 0 spiro atoms. The summed E-state index contributed by atoms with van der Waals surface area (Å²) in [6.45, 7) is -0.429. The fourth-order valence-corrected chi connectivity index (χ4v) is 2.78. The van der Waals surface area contributed by atoms with E-state index in [0.717, 1.165) is 22.9 Å². The number of hydrogen-bond acceptors (Lipinski definition) is 6. The molecule has 0 aliphatic carbocycles. The Labute approximate surface area is 172 Å². The van der Waals surface area contributed by atoms with Crippen LogP contribution in [0.4, 0.5) is 13.2 Å². The average molecular weight is 436 g/mol.